The Morgan fingerprint density at radius 2 is 1.81 bits per heavy atom. The SMILES string of the molecule is Bc1c(C)cc2[nH]c(C)c(C(C)C)c2c1C. The Hall–Kier alpha value is -1.18. The van der Waals surface area contributed by atoms with Gasteiger partial charge in [0.05, 0.1) is 0 Å². The zero-order valence-corrected chi connectivity index (χ0v) is 11.2. The molecule has 0 bridgehead atoms. The van der Waals surface area contributed by atoms with Gasteiger partial charge in [0, 0.05) is 16.6 Å². The van der Waals surface area contributed by atoms with Crippen LogP contribution in [0.5, 0.6) is 0 Å². The lowest BCUT2D eigenvalue weighted by atomic mass is 9.83. The van der Waals surface area contributed by atoms with E-state index in [4.69, 9.17) is 0 Å². The average molecular weight is 213 g/mol. The van der Waals surface area contributed by atoms with Crippen LogP contribution >= 0.6 is 0 Å². The third-order valence-electron chi connectivity index (χ3n) is 3.73. The maximum absolute atomic E-state index is 3.52. The Balaban J connectivity index is 2.93. The highest BCUT2D eigenvalue weighted by molar-refractivity contribution is 6.35. The van der Waals surface area contributed by atoms with E-state index in [1.54, 1.807) is 0 Å². The number of fused-ring (bicyclic) bond motifs is 1. The second-order valence-electron chi connectivity index (χ2n) is 5.18. The molecule has 1 nitrogen and oxygen atoms in total. The Morgan fingerprint density at radius 1 is 1.19 bits per heavy atom. The molecule has 0 atom stereocenters. The first-order chi connectivity index (χ1) is 7.43. The van der Waals surface area contributed by atoms with E-state index in [0.717, 1.165) is 0 Å². The second kappa shape index (κ2) is 3.69. The zero-order valence-electron chi connectivity index (χ0n) is 11.2. The van der Waals surface area contributed by atoms with Gasteiger partial charge in [0.2, 0.25) is 0 Å². The first-order valence-electron chi connectivity index (χ1n) is 6.02. The van der Waals surface area contributed by atoms with E-state index in [0.29, 0.717) is 5.92 Å². The number of aromatic amines is 1. The van der Waals surface area contributed by atoms with Gasteiger partial charge in [-0.2, -0.15) is 0 Å². The molecule has 1 N–H and O–H groups in total. The van der Waals surface area contributed by atoms with Crippen LogP contribution in [0.3, 0.4) is 0 Å². The Morgan fingerprint density at radius 3 is 2.38 bits per heavy atom. The third kappa shape index (κ3) is 1.48. The molecule has 1 aromatic heterocycles. The van der Waals surface area contributed by atoms with Crippen LogP contribution in [0, 0.1) is 20.8 Å². The van der Waals surface area contributed by atoms with Gasteiger partial charge >= 0.3 is 0 Å². The number of aryl methyl sites for hydroxylation is 3. The predicted molar refractivity (Wildman–Crippen MR) is 74.8 cm³/mol. The lowest BCUT2D eigenvalue weighted by Gasteiger charge is -2.11. The molecule has 2 heteroatoms. The van der Waals surface area contributed by atoms with E-state index in [9.17, 15) is 0 Å². The lowest BCUT2D eigenvalue weighted by Crippen LogP contribution is -2.12. The highest BCUT2D eigenvalue weighted by Gasteiger charge is 2.15. The van der Waals surface area contributed by atoms with Crippen molar-refractivity contribution >= 4 is 24.2 Å². The van der Waals surface area contributed by atoms with Crippen molar-refractivity contribution in [3.8, 4) is 0 Å². The number of hydrogen-bond donors (Lipinski definition) is 1. The standard InChI is InChI=1S/C14H20BN/c1-7(2)12-10(5)16-11-6-8(3)14(15)9(4)13(11)12/h6-7,16H,15H2,1-5H3. The number of rotatable bonds is 1. The number of benzene rings is 1. The summed E-state index contributed by atoms with van der Waals surface area (Å²) < 4.78 is 0. The van der Waals surface area contributed by atoms with Crippen LogP contribution in [-0.2, 0) is 0 Å². The maximum Gasteiger partial charge on any atom is 0.140 e. The van der Waals surface area contributed by atoms with Gasteiger partial charge in [-0.15, -0.1) is 0 Å². The number of aromatic nitrogens is 1. The summed E-state index contributed by atoms with van der Waals surface area (Å²) in [6.45, 7) is 11.1. The van der Waals surface area contributed by atoms with E-state index < -0.39 is 0 Å². The smallest absolute Gasteiger partial charge is 0.140 e. The molecular formula is C14H20BN. The first-order valence-corrected chi connectivity index (χ1v) is 6.02. The van der Waals surface area contributed by atoms with Crippen molar-refractivity contribution in [2.75, 3.05) is 0 Å². The highest BCUT2D eigenvalue weighted by Crippen LogP contribution is 2.30. The quantitative estimate of drug-likeness (QED) is 0.700. The lowest BCUT2D eigenvalue weighted by molar-refractivity contribution is 0.863. The zero-order chi connectivity index (χ0) is 12.0. The normalized spacial score (nSPS) is 11.6. The summed E-state index contributed by atoms with van der Waals surface area (Å²) in [5.74, 6) is 0.578. The van der Waals surface area contributed by atoms with Gasteiger partial charge in [0.25, 0.3) is 0 Å². The second-order valence-corrected chi connectivity index (χ2v) is 5.18. The first kappa shape index (κ1) is 11.3. The Bertz CT molecular complexity index is 550. The van der Waals surface area contributed by atoms with Crippen molar-refractivity contribution in [1.82, 2.24) is 4.98 Å². The van der Waals surface area contributed by atoms with Crippen molar-refractivity contribution in [3.63, 3.8) is 0 Å². The van der Waals surface area contributed by atoms with Gasteiger partial charge in [-0.1, -0.05) is 24.9 Å². The fraction of sp³-hybridized carbons (Fsp3) is 0.429. The van der Waals surface area contributed by atoms with Gasteiger partial charge in [-0.05, 0) is 43.9 Å². The molecule has 0 saturated heterocycles. The molecule has 2 rings (SSSR count). The van der Waals surface area contributed by atoms with Crippen molar-refractivity contribution in [3.05, 3.63) is 28.5 Å². The van der Waals surface area contributed by atoms with Crippen LogP contribution in [0.25, 0.3) is 10.9 Å². The molecule has 16 heavy (non-hydrogen) atoms. The minimum absolute atomic E-state index is 0.578. The van der Waals surface area contributed by atoms with E-state index in [1.807, 2.05) is 0 Å². The topological polar surface area (TPSA) is 15.8 Å². The predicted octanol–water partition coefficient (Wildman–Crippen LogP) is 2.47. The fourth-order valence-electron chi connectivity index (χ4n) is 2.71. The summed E-state index contributed by atoms with van der Waals surface area (Å²) in [5, 5.41) is 1.44. The fourth-order valence-corrected chi connectivity index (χ4v) is 2.71. The van der Waals surface area contributed by atoms with Crippen LogP contribution in [0.4, 0.5) is 0 Å². The van der Waals surface area contributed by atoms with Crippen molar-refractivity contribution in [2.24, 2.45) is 0 Å². The number of H-pyrrole nitrogens is 1. The van der Waals surface area contributed by atoms with E-state index in [-0.39, 0.29) is 0 Å². The molecule has 84 valence electrons. The van der Waals surface area contributed by atoms with Crippen molar-refractivity contribution in [1.29, 1.82) is 0 Å². The number of hydrogen-bond acceptors (Lipinski definition) is 0. The summed E-state index contributed by atoms with van der Waals surface area (Å²) in [5.41, 5.74) is 8.33. The van der Waals surface area contributed by atoms with Gasteiger partial charge < -0.3 is 4.98 Å². The Labute approximate surface area is 98.7 Å². The largest absolute Gasteiger partial charge is 0.358 e. The van der Waals surface area contributed by atoms with Crippen LogP contribution in [0.2, 0.25) is 0 Å². The molecule has 0 radical (unpaired) electrons. The van der Waals surface area contributed by atoms with E-state index in [2.05, 4.69) is 53.5 Å². The van der Waals surface area contributed by atoms with Crippen LogP contribution in [0.15, 0.2) is 6.07 Å². The minimum Gasteiger partial charge on any atom is -0.358 e. The van der Waals surface area contributed by atoms with Crippen LogP contribution in [0.1, 0.15) is 42.1 Å². The highest BCUT2D eigenvalue weighted by atomic mass is 14.7. The van der Waals surface area contributed by atoms with Gasteiger partial charge in [-0.3, -0.25) is 0 Å². The molecular weight excluding hydrogens is 193 g/mol. The molecule has 1 heterocycles. The maximum atomic E-state index is 3.52. The number of nitrogens with one attached hydrogen (secondary N) is 1. The summed E-state index contributed by atoms with van der Waals surface area (Å²) in [4.78, 5) is 3.52. The molecule has 0 fully saturated rings. The van der Waals surface area contributed by atoms with Crippen LogP contribution < -0.4 is 5.46 Å². The van der Waals surface area contributed by atoms with Crippen molar-refractivity contribution < 1.29 is 0 Å². The molecule has 2 aromatic rings. The summed E-state index contributed by atoms with van der Waals surface area (Å²) >= 11 is 0. The Kier molecular flexibility index (Phi) is 2.61. The molecule has 0 spiro atoms. The molecule has 0 amide bonds. The molecule has 0 aliphatic heterocycles. The summed E-state index contributed by atoms with van der Waals surface area (Å²) in [6.07, 6.45) is 0. The molecule has 0 aliphatic carbocycles. The third-order valence-corrected chi connectivity index (χ3v) is 3.73. The summed E-state index contributed by atoms with van der Waals surface area (Å²) in [7, 11) is 2.22. The van der Waals surface area contributed by atoms with E-state index >= 15 is 0 Å². The molecule has 0 aliphatic rings. The summed E-state index contributed by atoms with van der Waals surface area (Å²) in [6, 6.07) is 2.27. The van der Waals surface area contributed by atoms with E-state index in [1.165, 1.54) is 38.8 Å². The van der Waals surface area contributed by atoms with Gasteiger partial charge in [-0.25, -0.2) is 0 Å². The van der Waals surface area contributed by atoms with Gasteiger partial charge in [0.1, 0.15) is 7.85 Å². The minimum atomic E-state index is 0.578. The molecule has 0 saturated carbocycles. The molecule has 1 aromatic carbocycles. The van der Waals surface area contributed by atoms with Gasteiger partial charge in [0.15, 0.2) is 0 Å². The monoisotopic (exact) mass is 213 g/mol. The molecule has 0 unspecified atom stereocenters. The average Bonchev–Trinajstić information content (AvgIpc) is 2.51. The van der Waals surface area contributed by atoms with Crippen molar-refractivity contribution in [2.45, 2.75) is 40.5 Å². The van der Waals surface area contributed by atoms with Crippen LogP contribution in [-0.4, -0.2) is 12.8 Å².